The van der Waals surface area contributed by atoms with Crippen LogP contribution in [-0.2, 0) is 6.42 Å². The molecule has 0 saturated heterocycles. The van der Waals surface area contributed by atoms with Crippen molar-refractivity contribution in [2.24, 2.45) is 0 Å². The van der Waals surface area contributed by atoms with Crippen LogP contribution in [0.25, 0.3) is 10.8 Å². The van der Waals surface area contributed by atoms with Crippen molar-refractivity contribution in [2.45, 2.75) is 49.7 Å². The van der Waals surface area contributed by atoms with Crippen LogP contribution in [0, 0.1) is 5.82 Å². The van der Waals surface area contributed by atoms with Crippen molar-refractivity contribution >= 4 is 22.5 Å². The topological polar surface area (TPSA) is 39.9 Å². The zero-order valence-electron chi connectivity index (χ0n) is 18.6. The smallest absolute Gasteiger partial charge is 0.191 e. The van der Waals surface area contributed by atoms with E-state index < -0.39 is 0 Å². The Hall–Kier alpha value is -2.86. The zero-order chi connectivity index (χ0) is 22.5. The van der Waals surface area contributed by atoms with Crippen molar-refractivity contribution < 1.29 is 9.13 Å². The zero-order valence-corrected chi connectivity index (χ0v) is 19.4. The van der Waals surface area contributed by atoms with E-state index in [4.69, 9.17) is 4.74 Å². The molecule has 0 spiro atoms. The molecular weight excluding hydrogens is 433 g/mol. The van der Waals surface area contributed by atoms with Gasteiger partial charge in [-0.05, 0) is 41.3 Å². The van der Waals surface area contributed by atoms with Crippen molar-refractivity contribution in [1.29, 1.82) is 0 Å². The maximum Gasteiger partial charge on any atom is 0.191 e. The van der Waals surface area contributed by atoms with Crippen LogP contribution in [0.4, 0.5) is 4.39 Å². The normalized spacial score (nSPS) is 14.6. The SMILES string of the molecule is Fc1ccccc1OCCSc1nnc(Cc2cccc3ccccc23)n1C1CCCCC1. The number of fused-ring (bicyclic) bond motifs is 1. The number of hydrogen-bond acceptors (Lipinski definition) is 4. The number of rotatable bonds is 8. The van der Waals surface area contributed by atoms with Crippen LogP contribution >= 0.6 is 11.8 Å². The summed E-state index contributed by atoms with van der Waals surface area (Å²) in [5.41, 5.74) is 1.27. The van der Waals surface area contributed by atoms with Crippen LogP contribution in [0.15, 0.2) is 71.9 Å². The van der Waals surface area contributed by atoms with Crippen LogP contribution in [0.5, 0.6) is 5.75 Å². The van der Waals surface area contributed by atoms with Crippen LogP contribution in [0.3, 0.4) is 0 Å². The summed E-state index contributed by atoms with van der Waals surface area (Å²) < 4.78 is 21.8. The van der Waals surface area contributed by atoms with Gasteiger partial charge in [0, 0.05) is 18.2 Å². The van der Waals surface area contributed by atoms with Gasteiger partial charge in [0.15, 0.2) is 16.7 Å². The van der Waals surface area contributed by atoms with Gasteiger partial charge in [-0.2, -0.15) is 0 Å². The molecule has 4 aromatic rings. The minimum absolute atomic E-state index is 0.295. The number of ether oxygens (including phenoxy) is 1. The molecule has 0 atom stereocenters. The van der Waals surface area contributed by atoms with Gasteiger partial charge >= 0.3 is 0 Å². The lowest BCUT2D eigenvalue weighted by Gasteiger charge is -2.25. The number of aromatic nitrogens is 3. The molecule has 1 aliphatic carbocycles. The van der Waals surface area contributed by atoms with Gasteiger partial charge in [-0.1, -0.05) is 85.6 Å². The lowest BCUT2D eigenvalue weighted by molar-refractivity contribution is 0.322. The highest BCUT2D eigenvalue weighted by molar-refractivity contribution is 7.99. The van der Waals surface area contributed by atoms with E-state index in [0.717, 1.165) is 17.4 Å². The maximum atomic E-state index is 13.8. The number of benzene rings is 3. The standard InChI is InChI=1S/C27H28FN3OS/c28-24-15-6-7-16-25(24)32-17-18-33-27-30-29-26(31(27)22-12-2-1-3-13-22)19-21-11-8-10-20-9-4-5-14-23(20)21/h4-11,14-16,22H,1-3,12-13,17-19H2. The average Bonchev–Trinajstić information content (AvgIpc) is 3.26. The van der Waals surface area contributed by atoms with E-state index in [1.807, 2.05) is 0 Å². The Morgan fingerprint density at radius 2 is 1.70 bits per heavy atom. The van der Waals surface area contributed by atoms with Gasteiger partial charge < -0.3 is 9.30 Å². The average molecular weight is 462 g/mol. The summed E-state index contributed by atoms with van der Waals surface area (Å²) in [6.07, 6.45) is 6.89. The molecule has 1 aromatic heterocycles. The molecule has 1 heterocycles. The van der Waals surface area contributed by atoms with E-state index in [1.165, 1.54) is 54.5 Å². The molecule has 0 amide bonds. The van der Waals surface area contributed by atoms with Crippen molar-refractivity contribution in [1.82, 2.24) is 14.8 Å². The Bertz CT molecular complexity index is 1210. The van der Waals surface area contributed by atoms with Crippen LogP contribution in [0.2, 0.25) is 0 Å². The van der Waals surface area contributed by atoms with Crippen LogP contribution in [-0.4, -0.2) is 27.1 Å². The van der Waals surface area contributed by atoms with Gasteiger partial charge in [0.1, 0.15) is 5.82 Å². The highest BCUT2D eigenvalue weighted by Crippen LogP contribution is 2.34. The minimum Gasteiger partial charge on any atom is -0.490 e. The van der Waals surface area contributed by atoms with Gasteiger partial charge in [-0.15, -0.1) is 10.2 Å². The summed E-state index contributed by atoms with van der Waals surface area (Å²) in [6.45, 7) is 0.418. The van der Waals surface area contributed by atoms with Gasteiger partial charge in [-0.25, -0.2) is 4.39 Å². The molecule has 5 rings (SSSR count). The van der Waals surface area contributed by atoms with Gasteiger partial charge in [0.05, 0.1) is 6.61 Å². The van der Waals surface area contributed by atoms with E-state index in [9.17, 15) is 4.39 Å². The van der Waals surface area contributed by atoms with Crippen molar-refractivity contribution in [3.63, 3.8) is 0 Å². The molecular formula is C27H28FN3OS. The first-order chi connectivity index (χ1) is 16.3. The van der Waals surface area contributed by atoms with Crippen molar-refractivity contribution in [3.05, 3.63) is 83.9 Å². The van der Waals surface area contributed by atoms with Crippen molar-refractivity contribution in [3.8, 4) is 5.75 Å². The molecule has 33 heavy (non-hydrogen) atoms. The monoisotopic (exact) mass is 461 g/mol. The molecule has 4 nitrogen and oxygen atoms in total. The first kappa shape index (κ1) is 22.0. The molecule has 1 saturated carbocycles. The Kier molecular flexibility index (Phi) is 6.91. The van der Waals surface area contributed by atoms with E-state index in [1.54, 1.807) is 30.0 Å². The van der Waals surface area contributed by atoms with Crippen LogP contribution in [0.1, 0.15) is 49.5 Å². The predicted octanol–water partition coefficient (Wildman–Crippen LogP) is 6.84. The lowest BCUT2D eigenvalue weighted by atomic mass is 9.95. The molecule has 0 N–H and O–H groups in total. The number of halogens is 1. The van der Waals surface area contributed by atoms with Crippen molar-refractivity contribution in [2.75, 3.05) is 12.4 Å². The highest BCUT2D eigenvalue weighted by Gasteiger charge is 2.23. The maximum absolute atomic E-state index is 13.8. The second kappa shape index (κ2) is 10.4. The number of nitrogens with zero attached hydrogens (tertiary/aromatic N) is 3. The Morgan fingerprint density at radius 1 is 0.909 bits per heavy atom. The summed E-state index contributed by atoms with van der Waals surface area (Å²) in [5.74, 6) is 1.68. The molecule has 1 fully saturated rings. The third-order valence-electron chi connectivity index (χ3n) is 6.31. The molecule has 3 aromatic carbocycles. The van der Waals surface area contributed by atoms with Gasteiger partial charge in [0.25, 0.3) is 0 Å². The molecule has 1 aliphatic rings. The van der Waals surface area contributed by atoms with E-state index in [2.05, 4.69) is 57.2 Å². The second-order valence-electron chi connectivity index (χ2n) is 8.50. The molecule has 170 valence electrons. The number of para-hydroxylation sites is 1. The molecule has 0 aliphatic heterocycles. The van der Waals surface area contributed by atoms with E-state index in [0.29, 0.717) is 24.2 Å². The third-order valence-corrected chi connectivity index (χ3v) is 7.22. The summed E-state index contributed by atoms with van der Waals surface area (Å²) in [7, 11) is 0. The fourth-order valence-corrected chi connectivity index (χ4v) is 5.54. The summed E-state index contributed by atoms with van der Waals surface area (Å²) >= 11 is 1.64. The quantitative estimate of drug-likeness (QED) is 0.213. The fraction of sp³-hybridized carbons (Fsp3) is 0.333. The van der Waals surface area contributed by atoms with E-state index in [-0.39, 0.29) is 5.82 Å². The molecule has 0 unspecified atom stereocenters. The summed E-state index contributed by atoms with van der Waals surface area (Å²) in [5, 5.41) is 12.7. The highest BCUT2D eigenvalue weighted by atomic mass is 32.2. The van der Waals surface area contributed by atoms with Crippen LogP contribution < -0.4 is 4.74 Å². The van der Waals surface area contributed by atoms with E-state index >= 15 is 0 Å². The Labute approximate surface area is 198 Å². The second-order valence-corrected chi connectivity index (χ2v) is 9.57. The van der Waals surface area contributed by atoms with Gasteiger partial charge in [-0.3, -0.25) is 0 Å². The summed E-state index contributed by atoms with van der Waals surface area (Å²) in [6, 6.07) is 21.9. The number of hydrogen-bond donors (Lipinski definition) is 0. The molecule has 0 bridgehead atoms. The first-order valence-corrected chi connectivity index (χ1v) is 12.7. The largest absolute Gasteiger partial charge is 0.490 e. The molecule has 6 heteroatoms. The fourth-order valence-electron chi connectivity index (χ4n) is 4.70. The lowest BCUT2D eigenvalue weighted by Crippen LogP contribution is -2.17. The third kappa shape index (κ3) is 5.06. The first-order valence-electron chi connectivity index (χ1n) is 11.7. The summed E-state index contributed by atoms with van der Waals surface area (Å²) in [4.78, 5) is 0. The Morgan fingerprint density at radius 3 is 2.58 bits per heavy atom. The number of thioether (sulfide) groups is 1. The Balaban J connectivity index is 1.35. The van der Waals surface area contributed by atoms with Gasteiger partial charge in [0.2, 0.25) is 0 Å². The predicted molar refractivity (Wildman–Crippen MR) is 132 cm³/mol. The molecule has 0 radical (unpaired) electrons. The minimum atomic E-state index is -0.328.